The van der Waals surface area contributed by atoms with Crippen molar-refractivity contribution in [3.63, 3.8) is 0 Å². The molecule has 2 fully saturated rings. The van der Waals surface area contributed by atoms with E-state index >= 15 is 0 Å². The fourth-order valence-corrected chi connectivity index (χ4v) is 11.7. The molecule has 2 saturated heterocycles. The minimum Gasteiger partial charge on any atom is -1.00 e. The molecule has 2 aliphatic heterocycles. The monoisotopic (exact) mass is 1130 g/mol. The molecule has 20 heteroatoms. The first kappa shape index (κ1) is 72.4. The van der Waals surface area contributed by atoms with Crippen LogP contribution in [0.1, 0.15) is 246 Å². The van der Waals surface area contributed by atoms with Crippen molar-refractivity contribution in [3.05, 3.63) is 0 Å². The molecule has 0 radical (unpaired) electrons. The van der Waals surface area contributed by atoms with Crippen LogP contribution in [-0.4, -0.2) is 117 Å². The van der Waals surface area contributed by atoms with E-state index in [1.807, 2.05) is 11.8 Å². The molecule has 2 aliphatic rings. The summed E-state index contributed by atoms with van der Waals surface area (Å²) in [7, 11) is -4.65. The van der Waals surface area contributed by atoms with E-state index in [0.29, 0.717) is 31.1 Å². The molecular weight excluding hydrogens is 1020 g/mol. The maximum atomic E-state index is 12.9. The van der Waals surface area contributed by atoms with Crippen LogP contribution in [0.15, 0.2) is 0 Å². The van der Waals surface area contributed by atoms with E-state index in [0.717, 1.165) is 63.5 Å². The molecule has 0 saturated carbocycles. The average molecular weight is 1130 g/mol. The second-order valence-corrected chi connectivity index (χ2v) is 23.4. The van der Waals surface area contributed by atoms with Crippen LogP contribution in [0.2, 0.25) is 0 Å². The number of nitrogens with one attached hydrogen (secondary N) is 4. The molecular formula is C56H106N4NaO13PS. The number of unbranched alkanes of at least 4 members (excludes halogenated alkanes) is 29. The zero-order valence-electron chi connectivity index (χ0n) is 48.8. The van der Waals surface area contributed by atoms with E-state index in [1.54, 1.807) is 0 Å². The number of fused-ring (bicyclic) bond motifs is 1. The van der Waals surface area contributed by atoms with Gasteiger partial charge in [-0.15, -0.1) is 0 Å². The summed E-state index contributed by atoms with van der Waals surface area (Å²) in [6.07, 6.45) is 38.0. The van der Waals surface area contributed by atoms with Gasteiger partial charge in [-0.3, -0.25) is 23.4 Å². The van der Waals surface area contributed by atoms with Crippen molar-refractivity contribution in [3.8, 4) is 0 Å². The van der Waals surface area contributed by atoms with E-state index in [2.05, 4.69) is 35.1 Å². The number of thioether (sulfide) groups is 1. The van der Waals surface area contributed by atoms with Crippen LogP contribution in [-0.2, 0) is 46.9 Å². The third kappa shape index (κ3) is 42.3. The Bertz CT molecular complexity index is 1530. The Hall–Kier alpha value is -1.63. The fraction of sp³-hybridized carbons (Fsp3) is 0.911. The molecule has 5 atom stereocenters. The summed E-state index contributed by atoms with van der Waals surface area (Å²) >= 11 is 1.86. The molecule has 2 rings (SSSR count). The summed E-state index contributed by atoms with van der Waals surface area (Å²) < 4.78 is 44.4. The summed E-state index contributed by atoms with van der Waals surface area (Å²) in [6.45, 7) is 3.71. The number of carbonyl (C=O) groups excluding carboxylic acids is 5. The molecule has 5 unspecified atom stereocenters. The molecule has 2 heterocycles. The number of alkyl carbamates (subject to hydrolysis) is 1. The number of esters is 2. The van der Waals surface area contributed by atoms with Gasteiger partial charge in [0.05, 0.1) is 38.5 Å². The predicted octanol–water partition coefficient (Wildman–Crippen LogP) is 9.80. The van der Waals surface area contributed by atoms with E-state index in [-0.39, 0.29) is 107 Å². The van der Waals surface area contributed by atoms with Crippen molar-refractivity contribution in [2.24, 2.45) is 0 Å². The first-order valence-electron chi connectivity index (χ1n) is 29.9. The van der Waals surface area contributed by atoms with Gasteiger partial charge in [0.1, 0.15) is 13.2 Å². The maximum absolute atomic E-state index is 12.9. The number of hydrogen-bond acceptors (Lipinski definition) is 13. The zero-order valence-corrected chi connectivity index (χ0v) is 51.5. The minimum atomic E-state index is -4.65. The molecule has 4 amide bonds. The van der Waals surface area contributed by atoms with Gasteiger partial charge in [-0.2, -0.15) is 11.8 Å². The van der Waals surface area contributed by atoms with Crippen LogP contribution in [0.3, 0.4) is 0 Å². The van der Waals surface area contributed by atoms with Gasteiger partial charge in [0.25, 0.3) is 0 Å². The predicted molar refractivity (Wildman–Crippen MR) is 300 cm³/mol. The van der Waals surface area contributed by atoms with Gasteiger partial charge in [-0.1, -0.05) is 200 Å². The van der Waals surface area contributed by atoms with Crippen molar-refractivity contribution >= 4 is 49.6 Å². The Balaban J connectivity index is 0.0000289. The summed E-state index contributed by atoms with van der Waals surface area (Å²) in [5.41, 5.74) is 0. The second kappa shape index (κ2) is 50.3. The van der Waals surface area contributed by atoms with Crippen LogP contribution in [0.5, 0.6) is 0 Å². The number of hydrogen-bond donors (Lipinski definition) is 5. The number of phosphoric ester groups is 1. The van der Waals surface area contributed by atoms with Crippen molar-refractivity contribution in [1.82, 2.24) is 21.3 Å². The standard InChI is InChI=1S/C56H105N4O13PS.Na.H/c1-3-5-7-9-11-13-15-17-19-21-23-25-27-29-31-37-52(62)70-45-48(73-53(63)38-32-30-28-26-24-22-20-18-16-14-12-10-8-6-4-2)46-72-74(66,67)71-42-40-58-56(65)69-44-43-68-41-39-57-51(61)36-34-33-35-50-54-49(47-75-50)59-55(64)60-54;;/h48-50,54H,3-47H2,1-2H3,(H,57,61)(H,58,65)(H,66,67)(H2,59,60,64);;/q;+1;-1. The van der Waals surface area contributed by atoms with Gasteiger partial charge in [-0.25, -0.2) is 14.2 Å². The van der Waals surface area contributed by atoms with Gasteiger partial charge in [0, 0.05) is 43.4 Å². The number of rotatable bonds is 53. The smallest absolute Gasteiger partial charge is 1.00 e. The molecule has 5 N–H and O–H groups in total. The van der Waals surface area contributed by atoms with Gasteiger partial charge in [0.15, 0.2) is 6.10 Å². The maximum Gasteiger partial charge on any atom is 1.00 e. The largest absolute Gasteiger partial charge is 1.00 e. The van der Waals surface area contributed by atoms with Crippen molar-refractivity contribution < 1.29 is 92.4 Å². The Morgan fingerprint density at radius 3 is 1.62 bits per heavy atom. The van der Waals surface area contributed by atoms with Gasteiger partial charge < -0.3 is 46.5 Å². The van der Waals surface area contributed by atoms with Crippen LogP contribution < -0.4 is 50.8 Å². The molecule has 0 spiro atoms. The Kier molecular flexibility index (Phi) is 47.9. The van der Waals surface area contributed by atoms with Crippen LogP contribution in [0, 0.1) is 0 Å². The minimum absolute atomic E-state index is 0. The van der Waals surface area contributed by atoms with Crippen molar-refractivity contribution in [1.29, 1.82) is 0 Å². The molecule has 0 aromatic carbocycles. The van der Waals surface area contributed by atoms with E-state index in [9.17, 15) is 33.4 Å². The molecule has 0 aliphatic carbocycles. The zero-order chi connectivity index (χ0) is 54.3. The second-order valence-electron chi connectivity index (χ2n) is 20.7. The molecule has 440 valence electrons. The molecule has 0 aromatic heterocycles. The summed E-state index contributed by atoms with van der Waals surface area (Å²) in [4.78, 5) is 71.8. The van der Waals surface area contributed by atoms with E-state index in [1.165, 1.54) is 141 Å². The molecule has 0 bridgehead atoms. The van der Waals surface area contributed by atoms with Gasteiger partial charge >= 0.3 is 61.4 Å². The SMILES string of the molecule is CCCCCCCCCCCCCCCCCC(=O)OCC(COP(=O)(O)OCCNC(=O)OCCOCCNC(=O)CCCCC1SCC2NC(=O)NC21)OC(=O)CCCCCCCCCCCCCCCCC.[H-].[Na+]. The van der Waals surface area contributed by atoms with Crippen LogP contribution in [0.4, 0.5) is 9.59 Å². The summed E-state index contributed by atoms with van der Waals surface area (Å²) in [5, 5.41) is 11.5. The summed E-state index contributed by atoms with van der Waals surface area (Å²) in [6, 6.07) is 0.262. The third-order valence-electron chi connectivity index (χ3n) is 13.9. The normalized spacial score (nSPS) is 16.9. The van der Waals surface area contributed by atoms with Gasteiger partial charge in [-0.05, 0) is 25.7 Å². The van der Waals surface area contributed by atoms with Crippen molar-refractivity contribution in [2.75, 3.05) is 58.5 Å². The number of phosphoric acid groups is 1. The van der Waals surface area contributed by atoms with Crippen LogP contribution in [0.25, 0.3) is 0 Å². The fourth-order valence-electron chi connectivity index (χ4n) is 9.40. The average Bonchev–Trinajstić information content (AvgIpc) is 3.95. The Morgan fingerprint density at radius 1 is 0.592 bits per heavy atom. The van der Waals surface area contributed by atoms with Crippen LogP contribution >= 0.6 is 19.6 Å². The number of urea groups is 1. The first-order valence-corrected chi connectivity index (χ1v) is 32.5. The van der Waals surface area contributed by atoms with Crippen molar-refractivity contribution in [2.45, 2.75) is 268 Å². The third-order valence-corrected chi connectivity index (χ3v) is 16.3. The van der Waals surface area contributed by atoms with Gasteiger partial charge in [0.2, 0.25) is 5.91 Å². The number of ether oxygens (including phenoxy) is 4. The first-order chi connectivity index (χ1) is 36.5. The van der Waals surface area contributed by atoms with E-state index < -0.39 is 38.6 Å². The number of carbonyl (C=O) groups is 5. The molecule has 17 nitrogen and oxygen atoms in total. The Labute approximate surface area is 487 Å². The quantitative estimate of drug-likeness (QED) is 0.00955. The Morgan fingerprint density at radius 2 is 1.08 bits per heavy atom. The topological polar surface area (TPSA) is 226 Å². The molecule has 76 heavy (non-hydrogen) atoms. The number of amides is 4. The van der Waals surface area contributed by atoms with E-state index in [4.69, 9.17) is 28.0 Å². The summed E-state index contributed by atoms with van der Waals surface area (Å²) in [5.74, 6) is -0.0790. The molecule has 0 aromatic rings.